The summed E-state index contributed by atoms with van der Waals surface area (Å²) in [6, 6.07) is 5.18. The molecule has 1 heterocycles. The molecule has 20 heavy (non-hydrogen) atoms. The maximum atomic E-state index is 13.0. The second-order valence-electron chi connectivity index (χ2n) is 4.06. The van der Waals surface area contributed by atoms with E-state index in [2.05, 4.69) is 20.7 Å². The van der Waals surface area contributed by atoms with Gasteiger partial charge in [0.05, 0.1) is 12.3 Å². The lowest BCUT2D eigenvalue weighted by Crippen LogP contribution is -2.11. The molecule has 0 amide bonds. The highest BCUT2D eigenvalue weighted by Crippen LogP contribution is 2.30. The van der Waals surface area contributed by atoms with Gasteiger partial charge >= 0.3 is 0 Å². The summed E-state index contributed by atoms with van der Waals surface area (Å²) in [4.78, 5) is 0.601. The van der Waals surface area contributed by atoms with Crippen molar-refractivity contribution in [1.82, 2.24) is 0 Å². The third-order valence-corrected chi connectivity index (χ3v) is 6.30. The zero-order valence-corrected chi connectivity index (χ0v) is 13.6. The molecular formula is C12H11BrFNO3S2. The number of halogens is 2. The number of aliphatic hydroxyl groups is 1. The molecule has 2 rings (SSSR count). The van der Waals surface area contributed by atoms with E-state index >= 15 is 0 Å². The molecule has 0 aliphatic carbocycles. The highest BCUT2D eigenvalue weighted by atomic mass is 79.9. The summed E-state index contributed by atoms with van der Waals surface area (Å²) < 4.78 is 40.2. The molecule has 1 aromatic carbocycles. The van der Waals surface area contributed by atoms with Crippen molar-refractivity contribution in [3.8, 4) is 0 Å². The molecule has 2 N–H and O–H groups in total. The Hall–Kier alpha value is -0.960. The monoisotopic (exact) mass is 379 g/mol. The first kappa shape index (κ1) is 15.4. The first-order chi connectivity index (χ1) is 9.33. The number of benzene rings is 1. The van der Waals surface area contributed by atoms with Crippen molar-refractivity contribution in [3.05, 3.63) is 45.0 Å². The maximum Gasteiger partial charge on any atom is 0.271 e. The van der Waals surface area contributed by atoms with E-state index in [4.69, 9.17) is 5.11 Å². The van der Waals surface area contributed by atoms with Gasteiger partial charge in [0, 0.05) is 9.35 Å². The van der Waals surface area contributed by atoms with Gasteiger partial charge in [-0.05, 0) is 52.7 Å². The zero-order valence-electron chi connectivity index (χ0n) is 10.4. The summed E-state index contributed by atoms with van der Waals surface area (Å²) in [5.41, 5.74) is 0.971. The van der Waals surface area contributed by atoms with E-state index in [0.29, 0.717) is 9.35 Å². The average Bonchev–Trinajstić information content (AvgIpc) is 2.75. The van der Waals surface area contributed by atoms with E-state index in [-0.39, 0.29) is 16.5 Å². The Morgan fingerprint density at radius 1 is 1.40 bits per heavy atom. The highest BCUT2D eigenvalue weighted by molar-refractivity contribution is 9.10. The van der Waals surface area contributed by atoms with Crippen molar-refractivity contribution in [2.24, 2.45) is 0 Å². The SMILES string of the molecule is Cc1cc(S(=O)(=O)Nc2ccc(F)cc2Br)sc1CO. The predicted octanol–water partition coefficient (Wildman–Crippen LogP) is 3.25. The molecule has 0 fully saturated rings. The van der Waals surface area contributed by atoms with Crippen LogP contribution in [0.4, 0.5) is 10.1 Å². The molecule has 0 atom stereocenters. The van der Waals surface area contributed by atoms with Crippen LogP contribution < -0.4 is 4.72 Å². The van der Waals surface area contributed by atoms with E-state index in [1.165, 1.54) is 24.3 Å². The van der Waals surface area contributed by atoms with Crippen LogP contribution in [0.15, 0.2) is 32.9 Å². The van der Waals surface area contributed by atoms with E-state index in [1.807, 2.05) is 0 Å². The van der Waals surface area contributed by atoms with Crippen LogP contribution in [0.25, 0.3) is 0 Å². The zero-order chi connectivity index (χ0) is 14.9. The smallest absolute Gasteiger partial charge is 0.271 e. The molecule has 0 radical (unpaired) electrons. The van der Waals surface area contributed by atoms with Gasteiger partial charge in [0.1, 0.15) is 10.0 Å². The van der Waals surface area contributed by atoms with Crippen LogP contribution in [0.3, 0.4) is 0 Å². The van der Waals surface area contributed by atoms with Gasteiger partial charge < -0.3 is 5.11 Å². The molecule has 0 saturated heterocycles. The Morgan fingerprint density at radius 3 is 2.65 bits per heavy atom. The van der Waals surface area contributed by atoms with Gasteiger partial charge in [-0.1, -0.05) is 0 Å². The molecule has 0 aliphatic heterocycles. The summed E-state index contributed by atoms with van der Waals surface area (Å²) in [7, 11) is -3.76. The summed E-state index contributed by atoms with van der Waals surface area (Å²) >= 11 is 4.11. The number of aryl methyl sites for hydroxylation is 1. The van der Waals surface area contributed by atoms with Gasteiger partial charge in [0.2, 0.25) is 0 Å². The van der Waals surface area contributed by atoms with Crippen molar-refractivity contribution < 1.29 is 17.9 Å². The lowest BCUT2D eigenvalue weighted by Gasteiger charge is -2.08. The normalized spacial score (nSPS) is 11.6. The largest absolute Gasteiger partial charge is 0.391 e. The van der Waals surface area contributed by atoms with Crippen LogP contribution in [0.1, 0.15) is 10.4 Å². The summed E-state index contributed by atoms with van der Waals surface area (Å²) in [5.74, 6) is -0.464. The maximum absolute atomic E-state index is 13.0. The van der Waals surface area contributed by atoms with E-state index in [0.717, 1.165) is 16.9 Å². The Kier molecular flexibility index (Phi) is 4.48. The molecular weight excluding hydrogens is 369 g/mol. The topological polar surface area (TPSA) is 66.4 Å². The van der Waals surface area contributed by atoms with E-state index in [1.54, 1.807) is 6.92 Å². The third-order valence-electron chi connectivity index (χ3n) is 2.58. The van der Waals surface area contributed by atoms with Crippen LogP contribution in [0.2, 0.25) is 0 Å². The molecule has 8 heteroatoms. The van der Waals surface area contributed by atoms with Crippen LogP contribution in [-0.2, 0) is 16.6 Å². The number of rotatable bonds is 4. The first-order valence-corrected chi connectivity index (χ1v) is 8.61. The number of nitrogens with one attached hydrogen (secondary N) is 1. The minimum atomic E-state index is -3.76. The number of sulfonamides is 1. The molecule has 4 nitrogen and oxygen atoms in total. The van der Waals surface area contributed by atoms with Crippen LogP contribution >= 0.6 is 27.3 Å². The van der Waals surface area contributed by atoms with E-state index < -0.39 is 15.8 Å². The van der Waals surface area contributed by atoms with Gasteiger partial charge in [-0.25, -0.2) is 12.8 Å². The summed E-state index contributed by atoms with van der Waals surface area (Å²) in [6.07, 6.45) is 0. The van der Waals surface area contributed by atoms with Gasteiger partial charge in [-0.2, -0.15) is 0 Å². The molecule has 1 aromatic heterocycles. The fourth-order valence-electron chi connectivity index (χ4n) is 1.55. The van der Waals surface area contributed by atoms with E-state index in [9.17, 15) is 12.8 Å². The van der Waals surface area contributed by atoms with Gasteiger partial charge in [-0.15, -0.1) is 11.3 Å². The standard InChI is InChI=1S/C12H11BrFNO3S2/c1-7-4-12(19-11(7)6-16)20(17,18)15-10-3-2-8(14)5-9(10)13/h2-5,15-16H,6H2,1H3. The second kappa shape index (κ2) is 5.80. The minimum Gasteiger partial charge on any atom is -0.391 e. The Bertz CT molecular complexity index is 743. The minimum absolute atomic E-state index is 0.107. The number of anilines is 1. The van der Waals surface area contributed by atoms with Gasteiger partial charge in [-0.3, -0.25) is 4.72 Å². The lowest BCUT2D eigenvalue weighted by atomic mass is 10.3. The van der Waals surface area contributed by atoms with Crippen LogP contribution in [0.5, 0.6) is 0 Å². The molecule has 0 unspecified atom stereocenters. The number of hydrogen-bond acceptors (Lipinski definition) is 4. The summed E-state index contributed by atoms with van der Waals surface area (Å²) in [5, 5.41) is 9.11. The highest BCUT2D eigenvalue weighted by Gasteiger charge is 2.20. The third kappa shape index (κ3) is 3.20. The first-order valence-electron chi connectivity index (χ1n) is 5.51. The molecule has 0 saturated carbocycles. The quantitative estimate of drug-likeness (QED) is 0.856. The van der Waals surface area contributed by atoms with Crippen LogP contribution in [0, 0.1) is 12.7 Å². The van der Waals surface area contributed by atoms with Crippen molar-refractivity contribution in [2.75, 3.05) is 4.72 Å². The Balaban J connectivity index is 2.35. The molecule has 0 bridgehead atoms. The molecule has 0 aliphatic rings. The second-order valence-corrected chi connectivity index (χ2v) is 7.96. The number of thiophene rings is 1. The molecule has 2 aromatic rings. The fourth-order valence-corrected chi connectivity index (χ4v) is 4.66. The average molecular weight is 380 g/mol. The van der Waals surface area contributed by atoms with Crippen molar-refractivity contribution in [2.45, 2.75) is 17.7 Å². The number of hydrogen-bond donors (Lipinski definition) is 2. The predicted molar refractivity (Wildman–Crippen MR) is 79.9 cm³/mol. The fraction of sp³-hybridized carbons (Fsp3) is 0.167. The van der Waals surface area contributed by atoms with Crippen molar-refractivity contribution in [1.29, 1.82) is 0 Å². The lowest BCUT2D eigenvalue weighted by molar-refractivity contribution is 0.285. The Labute approximate surface area is 128 Å². The molecule has 108 valence electrons. The van der Waals surface area contributed by atoms with Crippen molar-refractivity contribution >= 4 is 43.0 Å². The Morgan fingerprint density at radius 2 is 2.10 bits per heavy atom. The number of aliphatic hydroxyl groups excluding tert-OH is 1. The van der Waals surface area contributed by atoms with Crippen LogP contribution in [-0.4, -0.2) is 13.5 Å². The summed E-state index contributed by atoms with van der Waals surface area (Å²) in [6.45, 7) is 1.53. The van der Waals surface area contributed by atoms with Gasteiger partial charge in [0.15, 0.2) is 0 Å². The molecule has 0 spiro atoms. The van der Waals surface area contributed by atoms with Crippen molar-refractivity contribution in [3.63, 3.8) is 0 Å². The van der Waals surface area contributed by atoms with Gasteiger partial charge in [0.25, 0.3) is 10.0 Å².